The van der Waals surface area contributed by atoms with Crippen molar-refractivity contribution in [1.82, 2.24) is 10.6 Å². The topological polar surface area (TPSA) is 78.4 Å². The number of halogens is 1. The first kappa shape index (κ1) is 16.7. The third-order valence-electron chi connectivity index (χ3n) is 2.55. The molecule has 0 saturated heterocycles. The molecule has 5 nitrogen and oxygen atoms in total. The number of carboxylic acid groups (broad SMARTS) is 1. The zero-order valence-electron chi connectivity index (χ0n) is 11.1. The number of thioether (sulfide) groups is 1. The number of benzene rings is 1. The minimum Gasteiger partial charge on any atom is -0.479 e. The van der Waals surface area contributed by atoms with E-state index >= 15 is 0 Å². The molecule has 3 N–H and O–H groups in total. The molecule has 20 heavy (non-hydrogen) atoms. The summed E-state index contributed by atoms with van der Waals surface area (Å²) in [5.74, 6) is -0.218. The number of carbonyl (C=O) groups excluding carboxylic acids is 1. The van der Waals surface area contributed by atoms with E-state index in [1.54, 1.807) is 36.0 Å². The van der Waals surface area contributed by atoms with Gasteiger partial charge in [-0.15, -0.1) is 0 Å². The number of hydrogen-bond acceptors (Lipinski definition) is 3. The van der Waals surface area contributed by atoms with E-state index in [1.807, 2.05) is 6.26 Å². The van der Waals surface area contributed by atoms with Crippen LogP contribution in [0.25, 0.3) is 0 Å². The lowest BCUT2D eigenvalue weighted by atomic mass is 10.1. The van der Waals surface area contributed by atoms with Crippen molar-refractivity contribution in [3.8, 4) is 0 Å². The zero-order valence-corrected chi connectivity index (χ0v) is 12.6. The Morgan fingerprint density at radius 2 is 2.10 bits per heavy atom. The summed E-state index contributed by atoms with van der Waals surface area (Å²) >= 11 is 7.64. The van der Waals surface area contributed by atoms with Crippen molar-refractivity contribution in [1.29, 1.82) is 0 Å². The fourth-order valence-electron chi connectivity index (χ4n) is 1.58. The van der Waals surface area contributed by atoms with Gasteiger partial charge < -0.3 is 15.7 Å². The molecule has 110 valence electrons. The highest BCUT2D eigenvalue weighted by molar-refractivity contribution is 7.98. The summed E-state index contributed by atoms with van der Waals surface area (Å²) < 4.78 is 0. The third kappa shape index (κ3) is 5.30. The van der Waals surface area contributed by atoms with Gasteiger partial charge in [0.15, 0.2) is 6.04 Å². The van der Waals surface area contributed by atoms with Crippen LogP contribution in [0.2, 0.25) is 5.02 Å². The minimum absolute atomic E-state index is 0.308. The van der Waals surface area contributed by atoms with E-state index in [4.69, 9.17) is 11.6 Å². The van der Waals surface area contributed by atoms with Gasteiger partial charge in [-0.1, -0.05) is 29.8 Å². The Hall–Kier alpha value is -1.40. The largest absolute Gasteiger partial charge is 0.479 e. The highest BCUT2D eigenvalue weighted by Gasteiger charge is 2.23. The maximum atomic E-state index is 11.7. The molecule has 1 aromatic rings. The summed E-state index contributed by atoms with van der Waals surface area (Å²) in [5.41, 5.74) is 0.362. The Morgan fingerprint density at radius 3 is 2.70 bits per heavy atom. The molecule has 2 amide bonds. The Bertz CT molecular complexity index is 471. The SMILES string of the molecule is CSCCCNC(=O)N[C@@H](C(=O)O)c1ccccc1Cl. The zero-order chi connectivity index (χ0) is 15.0. The maximum absolute atomic E-state index is 11.7. The second-order valence-electron chi connectivity index (χ2n) is 4.04. The molecular weight excluding hydrogens is 300 g/mol. The van der Waals surface area contributed by atoms with E-state index in [1.165, 1.54) is 0 Å². The van der Waals surface area contributed by atoms with E-state index in [0.717, 1.165) is 12.2 Å². The van der Waals surface area contributed by atoms with E-state index in [2.05, 4.69) is 10.6 Å². The highest BCUT2D eigenvalue weighted by Crippen LogP contribution is 2.22. The van der Waals surface area contributed by atoms with Gasteiger partial charge in [0.2, 0.25) is 0 Å². The quantitative estimate of drug-likeness (QED) is 0.675. The lowest BCUT2D eigenvalue weighted by molar-refractivity contribution is -0.139. The lowest BCUT2D eigenvalue weighted by Crippen LogP contribution is -2.41. The first-order valence-electron chi connectivity index (χ1n) is 6.06. The summed E-state index contributed by atoms with van der Waals surface area (Å²) in [5, 5.41) is 14.5. The number of carboxylic acids is 1. The van der Waals surface area contributed by atoms with Gasteiger partial charge in [-0.2, -0.15) is 11.8 Å². The molecule has 0 spiro atoms. The van der Waals surface area contributed by atoms with Gasteiger partial charge >= 0.3 is 12.0 Å². The standard InChI is InChI=1S/C13H17ClN2O3S/c1-20-8-4-7-15-13(19)16-11(12(17)18)9-5-2-3-6-10(9)14/h2-3,5-6,11H,4,7-8H2,1H3,(H,17,18)(H2,15,16,19)/t11-/m1/s1. The highest BCUT2D eigenvalue weighted by atomic mass is 35.5. The van der Waals surface area contributed by atoms with Crippen molar-refractivity contribution in [2.24, 2.45) is 0 Å². The second-order valence-corrected chi connectivity index (χ2v) is 5.43. The number of hydrogen-bond donors (Lipinski definition) is 3. The number of amides is 2. The average molecular weight is 317 g/mol. The van der Waals surface area contributed by atoms with Gasteiger partial charge in [0.05, 0.1) is 0 Å². The van der Waals surface area contributed by atoms with Crippen LogP contribution in [0, 0.1) is 0 Å². The minimum atomic E-state index is -1.16. The van der Waals surface area contributed by atoms with Crippen molar-refractivity contribution >= 4 is 35.4 Å². The van der Waals surface area contributed by atoms with Crippen LogP contribution in [-0.2, 0) is 4.79 Å². The first-order valence-corrected chi connectivity index (χ1v) is 7.84. The average Bonchev–Trinajstić information content (AvgIpc) is 2.42. The number of carbonyl (C=O) groups is 2. The van der Waals surface area contributed by atoms with E-state index < -0.39 is 18.0 Å². The molecule has 1 aromatic carbocycles. The summed E-state index contributed by atoms with van der Waals surface area (Å²) in [7, 11) is 0. The van der Waals surface area contributed by atoms with Gasteiger partial charge in [0.25, 0.3) is 0 Å². The Labute approximate surface area is 127 Å². The molecule has 1 rings (SSSR count). The third-order valence-corrected chi connectivity index (χ3v) is 3.59. The molecule has 0 aliphatic heterocycles. The van der Waals surface area contributed by atoms with E-state index in [9.17, 15) is 14.7 Å². The second kappa shape index (κ2) is 8.71. The molecule has 0 aliphatic carbocycles. The summed E-state index contributed by atoms with van der Waals surface area (Å²) in [4.78, 5) is 22.9. The number of nitrogens with one attached hydrogen (secondary N) is 2. The van der Waals surface area contributed by atoms with Gasteiger partial charge in [0, 0.05) is 17.1 Å². The van der Waals surface area contributed by atoms with Gasteiger partial charge in [0.1, 0.15) is 0 Å². The van der Waals surface area contributed by atoms with Crippen LogP contribution >= 0.6 is 23.4 Å². The predicted octanol–water partition coefficient (Wildman–Crippen LogP) is 2.52. The van der Waals surface area contributed by atoms with E-state index in [0.29, 0.717) is 17.1 Å². The van der Waals surface area contributed by atoms with E-state index in [-0.39, 0.29) is 0 Å². The van der Waals surface area contributed by atoms with Gasteiger partial charge in [-0.05, 0) is 24.5 Å². The monoisotopic (exact) mass is 316 g/mol. The van der Waals surface area contributed by atoms with Crippen LogP contribution in [0.5, 0.6) is 0 Å². The normalized spacial score (nSPS) is 11.7. The number of aliphatic carboxylic acids is 1. The Balaban J connectivity index is 2.62. The van der Waals surface area contributed by atoms with Crippen LogP contribution in [0.15, 0.2) is 24.3 Å². The Kier molecular flexibility index (Phi) is 7.25. The first-order chi connectivity index (χ1) is 9.56. The molecule has 0 bridgehead atoms. The molecule has 7 heteroatoms. The van der Waals surface area contributed by atoms with Crippen molar-refractivity contribution in [2.45, 2.75) is 12.5 Å². The molecule has 0 saturated carbocycles. The molecule has 0 heterocycles. The lowest BCUT2D eigenvalue weighted by Gasteiger charge is -2.16. The molecular formula is C13H17ClN2O3S. The number of rotatable bonds is 7. The molecule has 0 aromatic heterocycles. The van der Waals surface area contributed by atoms with Gasteiger partial charge in [-0.25, -0.2) is 9.59 Å². The number of urea groups is 1. The summed E-state index contributed by atoms with van der Waals surface area (Å²) in [6.45, 7) is 0.502. The Morgan fingerprint density at radius 1 is 1.40 bits per heavy atom. The molecule has 0 fully saturated rings. The fraction of sp³-hybridized carbons (Fsp3) is 0.385. The van der Waals surface area contributed by atoms with Crippen LogP contribution in [0.1, 0.15) is 18.0 Å². The van der Waals surface area contributed by atoms with Crippen molar-refractivity contribution in [3.63, 3.8) is 0 Å². The maximum Gasteiger partial charge on any atom is 0.331 e. The van der Waals surface area contributed by atoms with Crippen LogP contribution in [0.3, 0.4) is 0 Å². The van der Waals surface area contributed by atoms with Crippen molar-refractivity contribution in [3.05, 3.63) is 34.9 Å². The molecule has 1 atom stereocenters. The fourth-order valence-corrected chi connectivity index (χ4v) is 2.26. The summed E-state index contributed by atoms with van der Waals surface area (Å²) in [6, 6.07) is 4.87. The van der Waals surface area contributed by atoms with Crippen LogP contribution < -0.4 is 10.6 Å². The van der Waals surface area contributed by atoms with Gasteiger partial charge in [-0.3, -0.25) is 0 Å². The van der Waals surface area contributed by atoms with Crippen molar-refractivity contribution in [2.75, 3.05) is 18.6 Å². The predicted molar refractivity (Wildman–Crippen MR) is 81.4 cm³/mol. The molecule has 0 radical (unpaired) electrons. The van der Waals surface area contributed by atoms with Crippen molar-refractivity contribution < 1.29 is 14.7 Å². The van der Waals surface area contributed by atoms with Crippen LogP contribution in [-0.4, -0.2) is 35.7 Å². The van der Waals surface area contributed by atoms with Crippen LogP contribution in [0.4, 0.5) is 4.79 Å². The molecule has 0 unspecified atom stereocenters. The summed E-state index contributed by atoms with van der Waals surface area (Å²) in [6.07, 6.45) is 2.82. The molecule has 0 aliphatic rings. The smallest absolute Gasteiger partial charge is 0.331 e.